The fourth-order valence-corrected chi connectivity index (χ4v) is 2.35. The number of hydrogen-bond acceptors (Lipinski definition) is 1. The van der Waals surface area contributed by atoms with Gasteiger partial charge in [0.2, 0.25) is 11.3 Å². The summed E-state index contributed by atoms with van der Waals surface area (Å²) in [4.78, 5) is 0. The van der Waals surface area contributed by atoms with Crippen LogP contribution in [-0.4, -0.2) is 8.76 Å². The molecule has 2 rings (SSSR count). The second kappa shape index (κ2) is 6.44. The first-order valence-electron chi connectivity index (χ1n) is 5.71. The summed E-state index contributed by atoms with van der Waals surface area (Å²) in [6, 6.07) is 19.4. The number of nitrogens with one attached hydrogen (secondary N) is 1. The van der Waals surface area contributed by atoms with Crippen LogP contribution in [0.15, 0.2) is 60.7 Å². The SMILES string of the molecule is O=S(O)NC(Cc1ccccc1)c1ccccc1. The van der Waals surface area contributed by atoms with E-state index in [0.29, 0.717) is 6.42 Å². The van der Waals surface area contributed by atoms with Gasteiger partial charge in [-0.15, -0.1) is 0 Å². The Balaban J connectivity index is 2.18. The summed E-state index contributed by atoms with van der Waals surface area (Å²) in [5, 5.41) is 0. The van der Waals surface area contributed by atoms with E-state index in [1.807, 2.05) is 60.7 Å². The standard InChI is InChI=1S/C14H15NO2S/c16-18(17)15-14(13-9-5-2-6-10-13)11-12-7-3-1-4-8-12/h1-10,14-15H,11H2,(H,16,17). The van der Waals surface area contributed by atoms with Crippen LogP contribution in [0.5, 0.6) is 0 Å². The molecule has 0 fully saturated rings. The zero-order valence-electron chi connectivity index (χ0n) is 9.82. The third-order valence-corrected chi connectivity index (χ3v) is 3.21. The summed E-state index contributed by atoms with van der Waals surface area (Å²) < 4.78 is 22.7. The quantitative estimate of drug-likeness (QED) is 0.813. The molecular formula is C14H15NO2S. The fourth-order valence-electron chi connectivity index (χ4n) is 1.88. The lowest BCUT2D eigenvalue weighted by Crippen LogP contribution is -2.24. The van der Waals surface area contributed by atoms with Gasteiger partial charge in [0, 0.05) is 0 Å². The Morgan fingerprint density at radius 2 is 1.56 bits per heavy atom. The minimum Gasteiger partial charge on any atom is -0.294 e. The van der Waals surface area contributed by atoms with Gasteiger partial charge in [-0.2, -0.15) is 0 Å². The maximum absolute atomic E-state index is 11.0. The highest BCUT2D eigenvalue weighted by atomic mass is 32.2. The van der Waals surface area contributed by atoms with Gasteiger partial charge in [0.25, 0.3) is 0 Å². The van der Waals surface area contributed by atoms with E-state index < -0.39 is 11.3 Å². The Kier molecular flexibility index (Phi) is 4.64. The lowest BCUT2D eigenvalue weighted by Gasteiger charge is -2.16. The third-order valence-electron chi connectivity index (χ3n) is 2.73. The first kappa shape index (κ1) is 13.0. The van der Waals surface area contributed by atoms with E-state index in [9.17, 15) is 4.21 Å². The molecule has 0 aliphatic carbocycles. The van der Waals surface area contributed by atoms with Gasteiger partial charge in [-0.3, -0.25) is 4.55 Å². The van der Waals surface area contributed by atoms with E-state index in [-0.39, 0.29) is 6.04 Å². The van der Waals surface area contributed by atoms with Crippen molar-refractivity contribution in [1.29, 1.82) is 0 Å². The molecule has 0 saturated carbocycles. The molecule has 2 N–H and O–H groups in total. The van der Waals surface area contributed by atoms with Crippen molar-refractivity contribution in [3.05, 3.63) is 71.8 Å². The average Bonchev–Trinajstić information content (AvgIpc) is 2.40. The molecule has 2 aromatic carbocycles. The number of hydrogen-bond donors (Lipinski definition) is 2. The lowest BCUT2D eigenvalue weighted by molar-refractivity contribution is 0.526. The molecular weight excluding hydrogens is 246 g/mol. The van der Waals surface area contributed by atoms with E-state index in [1.54, 1.807) is 0 Å². The normalized spacial score (nSPS) is 14.1. The summed E-state index contributed by atoms with van der Waals surface area (Å²) in [6.45, 7) is 0. The van der Waals surface area contributed by atoms with Crippen molar-refractivity contribution < 1.29 is 8.76 Å². The van der Waals surface area contributed by atoms with Gasteiger partial charge in [0.15, 0.2) is 0 Å². The maximum Gasteiger partial charge on any atom is 0.232 e. The molecule has 0 spiro atoms. The minimum atomic E-state index is -2.02. The zero-order valence-corrected chi connectivity index (χ0v) is 10.6. The third kappa shape index (κ3) is 3.77. The summed E-state index contributed by atoms with van der Waals surface area (Å²) >= 11 is -2.02. The molecule has 2 aromatic rings. The molecule has 18 heavy (non-hydrogen) atoms. The summed E-state index contributed by atoms with van der Waals surface area (Å²) in [7, 11) is 0. The summed E-state index contributed by atoms with van der Waals surface area (Å²) in [6.07, 6.45) is 0.678. The summed E-state index contributed by atoms with van der Waals surface area (Å²) in [5.41, 5.74) is 2.13. The van der Waals surface area contributed by atoms with Crippen LogP contribution in [0.2, 0.25) is 0 Å². The Morgan fingerprint density at radius 1 is 1.00 bits per heavy atom. The molecule has 0 aliphatic heterocycles. The van der Waals surface area contributed by atoms with Crippen molar-refractivity contribution in [2.45, 2.75) is 12.5 Å². The maximum atomic E-state index is 11.0. The highest BCUT2D eigenvalue weighted by molar-refractivity contribution is 7.77. The molecule has 3 nitrogen and oxygen atoms in total. The second-order valence-corrected chi connectivity index (χ2v) is 4.75. The van der Waals surface area contributed by atoms with Crippen LogP contribution in [0.25, 0.3) is 0 Å². The second-order valence-electron chi connectivity index (χ2n) is 4.02. The van der Waals surface area contributed by atoms with Gasteiger partial charge >= 0.3 is 0 Å². The Labute approximate surface area is 109 Å². The van der Waals surface area contributed by atoms with Crippen molar-refractivity contribution in [2.24, 2.45) is 0 Å². The van der Waals surface area contributed by atoms with Crippen LogP contribution < -0.4 is 4.72 Å². The van der Waals surface area contributed by atoms with Crippen LogP contribution in [0.1, 0.15) is 17.2 Å². The molecule has 4 heteroatoms. The first-order chi connectivity index (χ1) is 8.75. The topological polar surface area (TPSA) is 49.3 Å². The van der Waals surface area contributed by atoms with Crippen LogP contribution in [-0.2, 0) is 17.7 Å². The van der Waals surface area contributed by atoms with Crippen LogP contribution >= 0.6 is 0 Å². The van der Waals surface area contributed by atoms with E-state index in [4.69, 9.17) is 4.55 Å². The van der Waals surface area contributed by atoms with E-state index in [2.05, 4.69) is 4.72 Å². The molecule has 0 aromatic heterocycles. The molecule has 0 amide bonds. The predicted octanol–water partition coefficient (Wildman–Crippen LogP) is 2.70. The molecule has 0 heterocycles. The van der Waals surface area contributed by atoms with Gasteiger partial charge in [-0.25, -0.2) is 8.93 Å². The van der Waals surface area contributed by atoms with Crippen molar-refractivity contribution in [3.8, 4) is 0 Å². The first-order valence-corrected chi connectivity index (χ1v) is 6.82. The van der Waals surface area contributed by atoms with Gasteiger partial charge in [0.05, 0.1) is 6.04 Å². The molecule has 2 unspecified atom stereocenters. The molecule has 0 saturated heterocycles. The number of benzene rings is 2. The van der Waals surface area contributed by atoms with E-state index in [1.165, 1.54) is 0 Å². The van der Waals surface area contributed by atoms with Crippen LogP contribution in [0.4, 0.5) is 0 Å². The van der Waals surface area contributed by atoms with E-state index >= 15 is 0 Å². The Hall–Kier alpha value is -1.49. The highest BCUT2D eigenvalue weighted by Crippen LogP contribution is 2.18. The molecule has 0 aliphatic rings. The molecule has 0 radical (unpaired) electrons. The molecule has 94 valence electrons. The minimum absolute atomic E-state index is 0.167. The Morgan fingerprint density at radius 3 is 2.11 bits per heavy atom. The average molecular weight is 261 g/mol. The molecule has 2 atom stereocenters. The number of rotatable bonds is 5. The summed E-state index contributed by atoms with van der Waals surface area (Å²) in [5.74, 6) is 0. The molecule has 0 bridgehead atoms. The van der Waals surface area contributed by atoms with Crippen molar-refractivity contribution in [3.63, 3.8) is 0 Å². The smallest absolute Gasteiger partial charge is 0.232 e. The van der Waals surface area contributed by atoms with Gasteiger partial charge in [-0.1, -0.05) is 60.7 Å². The van der Waals surface area contributed by atoms with Gasteiger partial charge in [0.1, 0.15) is 0 Å². The lowest BCUT2D eigenvalue weighted by atomic mass is 10.00. The Bertz CT molecular complexity index is 502. The monoisotopic (exact) mass is 261 g/mol. The van der Waals surface area contributed by atoms with E-state index in [0.717, 1.165) is 11.1 Å². The zero-order chi connectivity index (χ0) is 12.8. The van der Waals surface area contributed by atoms with Gasteiger partial charge < -0.3 is 0 Å². The predicted molar refractivity (Wildman–Crippen MR) is 73.2 cm³/mol. The largest absolute Gasteiger partial charge is 0.294 e. The van der Waals surface area contributed by atoms with Crippen LogP contribution in [0, 0.1) is 0 Å². The van der Waals surface area contributed by atoms with Crippen molar-refractivity contribution in [2.75, 3.05) is 0 Å². The fraction of sp³-hybridized carbons (Fsp3) is 0.143. The van der Waals surface area contributed by atoms with Crippen molar-refractivity contribution in [1.82, 2.24) is 4.72 Å². The van der Waals surface area contributed by atoms with Gasteiger partial charge in [-0.05, 0) is 17.5 Å². The highest BCUT2D eigenvalue weighted by Gasteiger charge is 2.13. The van der Waals surface area contributed by atoms with Crippen molar-refractivity contribution >= 4 is 11.3 Å². The van der Waals surface area contributed by atoms with Crippen LogP contribution in [0.3, 0.4) is 0 Å².